The zero-order valence-electron chi connectivity index (χ0n) is 15.8. The Bertz CT molecular complexity index is 602. The molecule has 0 aromatic heterocycles. The minimum atomic E-state index is 0.324. The Labute approximate surface area is 151 Å². The van der Waals surface area contributed by atoms with Crippen LogP contribution < -0.4 is 0 Å². The van der Waals surface area contributed by atoms with E-state index in [1.807, 2.05) is 0 Å². The van der Waals surface area contributed by atoms with Crippen LogP contribution in [0.4, 0.5) is 0 Å². The van der Waals surface area contributed by atoms with Gasteiger partial charge in [0.25, 0.3) is 0 Å². The normalized spacial score (nSPS) is 12.5. The fraction of sp³-hybridized carbons (Fsp3) is 0.455. The maximum atomic E-state index is 5.90. The SMILES string of the molecule is COCOCc1ccc(C(C)COCc2ccc(C(C)C)cc2)cc1. The van der Waals surface area contributed by atoms with Gasteiger partial charge >= 0.3 is 0 Å². The third-order valence-electron chi connectivity index (χ3n) is 4.30. The lowest BCUT2D eigenvalue weighted by Gasteiger charge is -2.14. The molecule has 0 fully saturated rings. The zero-order chi connectivity index (χ0) is 18.1. The highest BCUT2D eigenvalue weighted by Crippen LogP contribution is 2.18. The van der Waals surface area contributed by atoms with Gasteiger partial charge in [0.15, 0.2) is 0 Å². The molecule has 2 aromatic rings. The summed E-state index contributed by atoms with van der Waals surface area (Å²) in [6.45, 7) is 8.88. The predicted molar refractivity (Wildman–Crippen MR) is 102 cm³/mol. The predicted octanol–water partition coefficient (Wildman–Crippen LogP) is 5.25. The first-order chi connectivity index (χ1) is 12.1. The van der Waals surface area contributed by atoms with Crippen molar-refractivity contribution in [1.82, 2.24) is 0 Å². The van der Waals surface area contributed by atoms with Gasteiger partial charge < -0.3 is 14.2 Å². The van der Waals surface area contributed by atoms with Gasteiger partial charge in [0.1, 0.15) is 6.79 Å². The van der Waals surface area contributed by atoms with E-state index in [-0.39, 0.29) is 0 Å². The fourth-order valence-corrected chi connectivity index (χ4v) is 2.63. The van der Waals surface area contributed by atoms with Crippen LogP contribution in [-0.2, 0) is 27.4 Å². The molecule has 0 bridgehead atoms. The molecule has 136 valence electrons. The molecule has 0 amide bonds. The number of methoxy groups -OCH3 is 1. The molecule has 3 heteroatoms. The second kappa shape index (κ2) is 10.3. The first kappa shape index (κ1) is 19.6. The summed E-state index contributed by atoms with van der Waals surface area (Å²) in [5.41, 5.74) is 5.03. The van der Waals surface area contributed by atoms with E-state index in [1.165, 1.54) is 16.7 Å². The Morgan fingerprint density at radius 3 is 1.76 bits per heavy atom. The van der Waals surface area contributed by atoms with Gasteiger partial charge in [-0.2, -0.15) is 0 Å². The van der Waals surface area contributed by atoms with Gasteiger partial charge in [0.05, 0.1) is 19.8 Å². The average molecular weight is 342 g/mol. The van der Waals surface area contributed by atoms with E-state index in [0.717, 1.165) is 5.56 Å². The Hall–Kier alpha value is -1.68. The third kappa shape index (κ3) is 6.62. The van der Waals surface area contributed by atoms with Crippen molar-refractivity contribution in [3.63, 3.8) is 0 Å². The Morgan fingerprint density at radius 1 is 0.720 bits per heavy atom. The van der Waals surface area contributed by atoms with Crippen LogP contribution in [0, 0.1) is 0 Å². The standard InChI is InChI=1S/C22H30O3/c1-17(2)21-9-5-19(6-10-21)14-24-13-18(3)22-11-7-20(8-12-22)15-25-16-23-4/h5-12,17-18H,13-16H2,1-4H3. The molecule has 0 saturated heterocycles. The first-order valence-corrected chi connectivity index (χ1v) is 8.92. The van der Waals surface area contributed by atoms with Crippen LogP contribution in [0.1, 0.15) is 54.9 Å². The van der Waals surface area contributed by atoms with Crippen molar-refractivity contribution in [2.75, 3.05) is 20.5 Å². The van der Waals surface area contributed by atoms with Gasteiger partial charge in [-0.3, -0.25) is 0 Å². The van der Waals surface area contributed by atoms with E-state index in [1.54, 1.807) is 7.11 Å². The third-order valence-corrected chi connectivity index (χ3v) is 4.30. The molecule has 2 rings (SSSR count). The van der Waals surface area contributed by atoms with Crippen LogP contribution in [0.15, 0.2) is 48.5 Å². The Morgan fingerprint density at radius 2 is 1.24 bits per heavy atom. The van der Waals surface area contributed by atoms with E-state index in [2.05, 4.69) is 69.3 Å². The number of benzene rings is 2. The highest BCUT2D eigenvalue weighted by atomic mass is 16.7. The van der Waals surface area contributed by atoms with E-state index in [0.29, 0.717) is 38.4 Å². The van der Waals surface area contributed by atoms with Crippen LogP contribution in [0.5, 0.6) is 0 Å². The minimum Gasteiger partial charge on any atom is -0.376 e. The Balaban J connectivity index is 1.76. The zero-order valence-corrected chi connectivity index (χ0v) is 15.8. The van der Waals surface area contributed by atoms with Gasteiger partial charge in [-0.15, -0.1) is 0 Å². The van der Waals surface area contributed by atoms with Crippen molar-refractivity contribution >= 4 is 0 Å². The van der Waals surface area contributed by atoms with E-state index < -0.39 is 0 Å². The molecule has 1 atom stereocenters. The van der Waals surface area contributed by atoms with Crippen LogP contribution in [0.3, 0.4) is 0 Å². The molecule has 1 unspecified atom stereocenters. The summed E-state index contributed by atoms with van der Waals surface area (Å²) in [5, 5.41) is 0. The topological polar surface area (TPSA) is 27.7 Å². The van der Waals surface area contributed by atoms with E-state index in [4.69, 9.17) is 14.2 Å². The molecule has 25 heavy (non-hydrogen) atoms. The van der Waals surface area contributed by atoms with Crippen molar-refractivity contribution in [3.05, 3.63) is 70.8 Å². The molecule has 0 aliphatic heterocycles. The largest absolute Gasteiger partial charge is 0.376 e. The maximum Gasteiger partial charge on any atom is 0.146 e. The second-order valence-corrected chi connectivity index (χ2v) is 6.81. The van der Waals surface area contributed by atoms with E-state index in [9.17, 15) is 0 Å². The van der Waals surface area contributed by atoms with Crippen LogP contribution >= 0.6 is 0 Å². The van der Waals surface area contributed by atoms with Crippen LogP contribution in [0.25, 0.3) is 0 Å². The molecule has 0 saturated carbocycles. The van der Waals surface area contributed by atoms with Crippen molar-refractivity contribution in [2.45, 2.75) is 45.8 Å². The number of rotatable bonds is 10. The number of ether oxygens (including phenoxy) is 3. The molecular weight excluding hydrogens is 312 g/mol. The quantitative estimate of drug-likeness (QED) is 0.436. The lowest BCUT2D eigenvalue weighted by Crippen LogP contribution is -2.05. The minimum absolute atomic E-state index is 0.324. The van der Waals surface area contributed by atoms with Crippen LogP contribution in [0.2, 0.25) is 0 Å². The summed E-state index contributed by atoms with van der Waals surface area (Å²) in [5.74, 6) is 0.932. The lowest BCUT2D eigenvalue weighted by atomic mass is 10.0. The molecule has 0 heterocycles. The maximum absolute atomic E-state index is 5.90. The molecule has 2 aromatic carbocycles. The lowest BCUT2D eigenvalue weighted by molar-refractivity contribution is -0.0390. The highest BCUT2D eigenvalue weighted by molar-refractivity contribution is 5.25. The van der Waals surface area contributed by atoms with Gasteiger partial charge in [0, 0.05) is 13.0 Å². The summed E-state index contributed by atoms with van der Waals surface area (Å²) >= 11 is 0. The van der Waals surface area contributed by atoms with Crippen molar-refractivity contribution in [3.8, 4) is 0 Å². The van der Waals surface area contributed by atoms with Crippen molar-refractivity contribution < 1.29 is 14.2 Å². The molecule has 0 N–H and O–H groups in total. The molecular formula is C22H30O3. The average Bonchev–Trinajstić information content (AvgIpc) is 2.63. The number of hydrogen-bond donors (Lipinski definition) is 0. The van der Waals surface area contributed by atoms with Gasteiger partial charge in [-0.1, -0.05) is 69.3 Å². The molecule has 0 aliphatic carbocycles. The summed E-state index contributed by atoms with van der Waals surface area (Å²) in [4.78, 5) is 0. The summed E-state index contributed by atoms with van der Waals surface area (Å²) < 4.78 is 16.1. The van der Waals surface area contributed by atoms with Crippen molar-refractivity contribution in [1.29, 1.82) is 0 Å². The summed E-state index contributed by atoms with van der Waals surface area (Å²) in [6, 6.07) is 17.2. The molecule has 0 spiro atoms. The van der Waals surface area contributed by atoms with Gasteiger partial charge in [0.2, 0.25) is 0 Å². The van der Waals surface area contributed by atoms with Crippen LogP contribution in [-0.4, -0.2) is 20.5 Å². The second-order valence-electron chi connectivity index (χ2n) is 6.81. The highest BCUT2D eigenvalue weighted by Gasteiger charge is 2.06. The molecule has 0 aliphatic rings. The molecule has 3 nitrogen and oxygen atoms in total. The van der Waals surface area contributed by atoms with Gasteiger partial charge in [-0.05, 0) is 28.2 Å². The monoisotopic (exact) mass is 342 g/mol. The summed E-state index contributed by atoms with van der Waals surface area (Å²) in [6.07, 6.45) is 0. The Kier molecular flexibility index (Phi) is 8.13. The van der Waals surface area contributed by atoms with Gasteiger partial charge in [-0.25, -0.2) is 0 Å². The number of hydrogen-bond acceptors (Lipinski definition) is 3. The summed E-state index contributed by atoms with van der Waals surface area (Å²) in [7, 11) is 1.63. The molecule has 0 radical (unpaired) electrons. The first-order valence-electron chi connectivity index (χ1n) is 8.92. The van der Waals surface area contributed by atoms with E-state index >= 15 is 0 Å². The smallest absolute Gasteiger partial charge is 0.146 e. The van der Waals surface area contributed by atoms with Crippen molar-refractivity contribution in [2.24, 2.45) is 0 Å². The fourth-order valence-electron chi connectivity index (χ4n) is 2.63.